The Balaban J connectivity index is 1.89. The van der Waals surface area contributed by atoms with Gasteiger partial charge in [0.15, 0.2) is 5.75 Å². The molecule has 7 nitrogen and oxygen atoms in total. The van der Waals surface area contributed by atoms with Crippen LogP contribution in [0.25, 0.3) is 32.9 Å². The summed E-state index contributed by atoms with van der Waals surface area (Å²) < 4.78 is 21.3. The summed E-state index contributed by atoms with van der Waals surface area (Å²) in [6.45, 7) is 0.307. The van der Waals surface area contributed by atoms with Crippen LogP contribution < -0.4 is 4.74 Å². The molecule has 36 heavy (non-hydrogen) atoms. The lowest BCUT2D eigenvalue weighted by atomic mass is 9.97. The Labute approximate surface area is 209 Å². The third-order valence-electron chi connectivity index (χ3n) is 6.12. The van der Waals surface area contributed by atoms with Crippen molar-refractivity contribution < 1.29 is 24.0 Å². The van der Waals surface area contributed by atoms with Crippen molar-refractivity contribution in [2.24, 2.45) is 0 Å². The largest absolute Gasteiger partial charge is 0.494 e. The lowest BCUT2D eigenvalue weighted by Crippen LogP contribution is -2.04. The van der Waals surface area contributed by atoms with Crippen molar-refractivity contribution in [3.05, 3.63) is 105 Å². The van der Waals surface area contributed by atoms with Gasteiger partial charge >= 0.3 is 5.97 Å². The van der Waals surface area contributed by atoms with E-state index in [-0.39, 0.29) is 17.1 Å². The molecular formula is C27H18ClFN2O5. The van der Waals surface area contributed by atoms with Gasteiger partial charge in [0.2, 0.25) is 0 Å². The van der Waals surface area contributed by atoms with Crippen LogP contribution in [0.5, 0.6) is 5.75 Å². The van der Waals surface area contributed by atoms with Crippen molar-refractivity contribution in [2.45, 2.75) is 6.54 Å². The highest BCUT2D eigenvalue weighted by molar-refractivity contribution is 6.32. The molecule has 0 unspecified atom stereocenters. The van der Waals surface area contributed by atoms with Crippen LogP contribution in [0.2, 0.25) is 5.02 Å². The molecule has 0 spiro atoms. The van der Waals surface area contributed by atoms with Crippen LogP contribution >= 0.6 is 11.6 Å². The molecule has 0 aliphatic carbocycles. The topological polar surface area (TPSA) is 94.6 Å². The molecule has 1 aromatic heterocycles. The summed E-state index contributed by atoms with van der Waals surface area (Å²) in [5.74, 6) is -1.11. The molecule has 0 aliphatic heterocycles. The van der Waals surface area contributed by atoms with Crippen molar-refractivity contribution >= 4 is 45.1 Å². The first-order valence-corrected chi connectivity index (χ1v) is 11.2. The van der Waals surface area contributed by atoms with E-state index < -0.39 is 10.9 Å². The minimum atomic E-state index is -1.15. The van der Waals surface area contributed by atoms with Gasteiger partial charge in [-0.2, -0.15) is 0 Å². The second-order valence-corrected chi connectivity index (χ2v) is 8.65. The predicted molar refractivity (Wildman–Crippen MR) is 136 cm³/mol. The molecule has 4 aromatic carbocycles. The summed E-state index contributed by atoms with van der Waals surface area (Å²) in [6.07, 6.45) is 0. The molecule has 180 valence electrons. The fourth-order valence-electron chi connectivity index (χ4n) is 4.53. The number of methoxy groups -OCH3 is 1. The smallest absolute Gasteiger partial charge is 0.336 e. The zero-order valence-corrected chi connectivity index (χ0v) is 19.6. The van der Waals surface area contributed by atoms with Crippen molar-refractivity contribution in [1.82, 2.24) is 4.57 Å². The SMILES string of the molecule is COc1c(-c2ccc([N+](=O)[O-])cc2)cc(C(=O)O)c2c3cc(Cl)ccc3n(Cc3ccc(F)cc3)c12. The van der Waals surface area contributed by atoms with E-state index in [4.69, 9.17) is 16.3 Å². The second-order valence-electron chi connectivity index (χ2n) is 8.21. The van der Waals surface area contributed by atoms with Crippen LogP contribution in [-0.4, -0.2) is 27.7 Å². The average molecular weight is 505 g/mol. The number of carboxylic acid groups (broad SMARTS) is 1. The second kappa shape index (κ2) is 8.98. The number of nitro benzene ring substituents is 1. The molecule has 0 aliphatic rings. The number of aromatic nitrogens is 1. The number of halogens is 2. The summed E-state index contributed by atoms with van der Waals surface area (Å²) in [5, 5.41) is 22.8. The Bertz CT molecular complexity index is 1660. The first-order valence-electron chi connectivity index (χ1n) is 10.8. The Morgan fingerprint density at radius 1 is 1.08 bits per heavy atom. The van der Waals surface area contributed by atoms with Gasteiger partial charge in [-0.15, -0.1) is 0 Å². The number of carbonyl (C=O) groups is 1. The molecule has 0 radical (unpaired) electrons. The predicted octanol–water partition coefficient (Wildman–Crippen LogP) is 6.92. The Kier molecular flexibility index (Phi) is 5.81. The van der Waals surface area contributed by atoms with E-state index in [1.807, 2.05) is 4.57 Å². The number of fused-ring (bicyclic) bond motifs is 3. The van der Waals surface area contributed by atoms with Gasteiger partial charge in [0.25, 0.3) is 5.69 Å². The summed E-state index contributed by atoms with van der Waals surface area (Å²) in [5.41, 5.74) is 3.00. The highest BCUT2D eigenvalue weighted by atomic mass is 35.5. The van der Waals surface area contributed by atoms with Gasteiger partial charge in [-0.25, -0.2) is 9.18 Å². The van der Waals surface area contributed by atoms with Gasteiger partial charge < -0.3 is 14.4 Å². The number of aromatic carboxylic acids is 1. The first kappa shape index (κ1) is 23.3. The lowest BCUT2D eigenvalue weighted by molar-refractivity contribution is -0.384. The molecular weight excluding hydrogens is 487 g/mol. The maximum Gasteiger partial charge on any atom is 0.336 e. The first-order chi connectivity index (χ1) is 17.3. The van der Waals surface area contributed by atoms with E-state index in [1.165, 1.54) is 37.4 Å². The normalized spacial score (nSPS) is 11.2. The third-order valence-corrected chi connectivity index (χ3v) is 6.36. The zero-order chi connectivity index (χ0) is 25.6. The molecule has 5 rings (SSSR count). The number of nitro groups is 1. The van der Waals surface area contributed by atoms with Gasteiger partial charge in [-0.1, -0.05) is 23.7 Å². The number of non-ortho nitro benzene ring substituents is 1. The summed E-state index contributed by atoms with van der Waals surface area (Å²) in [4.78, 5) is 23.1. The van der Waals surface area contributed by atoms with Crippen molar-refractivity contribution in [3.8, 4) is 16.9 Å². The molecule has 0 atom stereocenters. The minimum absolute atomic E-state index is 0.0317. The monoisotopic (exact) mass is 504 g/mol. The number of ether oxygens (including phenoxy) is 1. The van der Waals surface area contributed by atoms with E-state index in [9.17, 15) is 24.4 Å². The van der Waals surface area contributed by atoms with Crippen LogP contribution in [0.15, 0.2) is 72.8 Å². The van der Waals surface area contributed by atoms with Crippen LogP contribution in [0.3, 0.4) is 0 Å². The Hall–Kier alpha value is -4.43. The zero-order valence-electron chi connectivity index (χ0n) is 18.9. The van der Waals surface area contributed by atoms with Crippen molar-refractivity contribution in [3.63, 3.8) is 0 Å². The van der Waals surface area contributed by atoms with Gasteiger partial charge in [0, 0.05) is 45.6 Å². The molecule has 1 N–H and O–H groups in total. The maximum absolute atomic E-state index is 13.5. The van der Waals surface area contributed by atoms with Gasteiger partial charge in [0.05, 0.1) is 23.1 Å². The van der Waals surface area contributed by atoms with E-state index >= 15 is 0 Å². The molecule has 0 saturated heterocycles. The van der Waals surface area contributed by atoms with Gasteiger partial charge in [-0.05, 0) is 59.7 Å². The number of carboxylic acids is 1. The van der Waals surface area contributed by atoms with E-state index in [1.54, 1.807) is 42.5 Å². The van der Waals surface area contributed by atoms with Crippen molar-refractivity contribution in [2.75, 3.05) is 7.11 Å². The molecule has 5 aromatic rings. The van der Waals surface area contributed by atoms with E-state index in [0.29, 0.717) is 44.7 Å². The highest BCUT2D eigenvalue weighted by Crippen LogP contribution is 2.44. The third kappa shape index (κ3) is 3.91. The summed E-state index contributed by atoms with van der Waals surface area (Å²) >= 11 is 6.29. The van der Waals surface area contributed by atoms with Crippen LogP contribution in [0.1, 0.15) is 15.9 Å². The fraction of sp³-hybridized carbons (Fsp3) is 0.0741. The molecule has 0 fully saturated rings. The van der Waals surface area contributed by atoms with Crippen LogP contribution in [-0.2, 0) is 6.54 Å². The highest BCUT2D eigenvalue weighted by Gasteiger charge is 2.25. The molecule has 0 amide bonds. The number of hydrogen-bond donors (Lipinski definition) is 1. The van der Waals surface area contributed by atoms with Crippen molar-refractivity contribution in [1.29, 1.82) is 0 Å². The molecule has 1 heterocycles. The maximum atomic E-state index is 13.5. The average Bonchev–Trinajstić information content (AvgIpc) is 3.17. The fourth-order valence-corrected chi connectivity index (χ4v) is 4.71. The quantitative estimate of drug-likeness (QED) is 0.200. The number of nitrogens with zero attached hydrogens (tertiary/aromatic N) is 2. The Morgan fingerprint density at radius 2 is 1.78 bits per heavy atom. The number of rotatable bonds is 6. The number of hydrogen-bond acceptors (Lipinski definition) is 4. The van der Waals surface area contributed by atoms with Crippen LogP contribution in [0.4, 0.5) is 10.1 Å². The van der Waals surface area contributed by atoms with E-state index in [2.05, 4.69) is 0 Å². The van der Waals surface area contributed by atoms with E-state index in [0.717, 1.165) is 11.1 Å². The van der Waals surface area contributed by atoms with Gasteiger partial charge in [0.1, 0.15) is 5.82 Å². The standard InChI is InChI=1S/C27H18ClFN2O5/c1-36-26-20(16-4-9-19(10-5-16)31(34)35)13-22(27(32)33)24-21-12-17(28)6-11-23(21)30(25(24)26)14-15-2-7-18(29)8-3-15/h2-13H,14H2,1H3,(H,32,33). The molecule has 0 bridgehead atoms. The molecule has 9 heteroatoms. The van der Waals surface area contributed by atoms with Crippen LogP contribution in [0, 0.1) is 15.9 Å². The number of benzene rings is 4. The Morgan fingerprint density at radius 3 is 2.39 bits per heavy atom. The lowest BCUT2D eigenvalue weighted by Gasteiger charge is -2.16. The summed E-state index contributed by atoms with van der Waals surface area (Å²) in [7, 11) is 1.48. The summed E-state index contributed by atoms with van der Waals surface area (Å²) in [6, 6.07) is 18.6. The molecule has 0 saturated carbocycles. The minimum Gasteiger partial charge on any atom is -0.494 e. The van der Waals surface area contributed by atoms with Gasteiger partial charge in [-0.3, -0.25) is 10.1 Å².